The number of hydrogen-bond acceptors (Lipinski definition) is 3. The molecule has 0 spiro atoms. The Bertz CT molecular complexity index is 223. The summed E-state index contributed by atoms with van der Waals surface area (Å²) in [5, 5.41) is 10.3. The molecule has 0 aromatic carbocycles. The second-order valence-corrected chi connectivity index (χ2v) is 4.55. The van der Waals surface area contributed by atoms with E-state index >= 15 is 0 Å². The van der Waals surface area contributed by atoms with Gasteiger partial charge in [-0.15, -0.1) is 0 Å². The van der Waals surface area contributed by atoms with Crippen molar-refractivity contribution in [3.05, 3.63) is 0 Å². The summed E-state index contributed by atoms with van der Waals surface area (Å²) in [6.07, 6.45) is 4.41. The molecule has 74 valence electrons. The molecule has 0 amide bonds. The maximum Gasteiger partial charge on any atom is 0.133 e. The predicted molar refractivity (Wildman–Crippen MR) is 49.1 cm³/mol. The van der Waals surface area contributed by atoms with E-state index in [1.165, 1.54) is 0 Å². The summed E-state index contributed by atoms with van der Waals surface area (Å²) >= 11 is 0. The van der Waals surface area contributed by atoms with Crippen LogP contribution in [0.5, 0.6) is 0 Å². The second-order valence-electron chi connectivity index (χ2n) is 4.55. The smallest absolute Gasteiger partial charge is 0.133 e. The number of ketones is 1. The van der Waals surface area contributed by atoms with E-state index in [1.54, 1.807) is 0 Å². The van der Waals surface area contributed by atoms with E-state index in [2.05, 4.69) is 0 Å². The molecule has 0 unspecified atom stereocenters. The maximum absolute atomic E-state index is 11.0. The zero-order valence-corrected chi connectivity index (χ0v) is 7.88. The number of rotatable bonds is 2. The lowest BCUT2D eigenvalue weighted by Crippen LogP contribution is -2.46. The number of hydrogen-bond donors (Lipinski definition) is 2. The number of aliphatic hydroxyl groups is 1. The van der Waals surface area contributed by atoms with E-state index in [9.17, 15) is 9.90 Å². The van der Waals surface area contributed by atoms with Crippen molar-refractivity contribution in [2.24, 2.45) is 11.1 Å². The molecule has 2 aliphatic rings. The molecule has 3 heteroatoms. The fourth-order valence-electron chi connectivity index (χ4n) is 2.48. The molecule has 0 radical (unpaired) electrons. The SMILES string of the molecule is NCC1(C2(O)CCC(=O)CC2)CC1. The van der Waals surface area contributed by atoms with Crippen LogP contribution in [0.1, 0.15) is 38.5 Å². The van der Waals surface area contributed by atoms with Crippen LogP contribution >= 0.6 is 0 Å². The Kier molecular flexibility index (Phi) is 1.96. The molecular weight excluding hydrogens is 166 g/mol. The highest BCUT2D eigenvalue weighted by atomic mass is 16.3. The highest BCUT2D eigenvalue weighted by Gasteiger charge is 2.58. The lowest BCUT2D eigenvalue weighted by molar-refractivity contribution is -0.129. The van der Waals surface area contributed by atoms with Crippen LogP contribution in [0.25, 0.3) is 0 Å². The summed E-state index contributed by atoms with van der Waals surface area (Å²) < 4.78 is 0. The van der Waals surface area contributed by atoms with Crippen molar-refractivity contribution < 1.29 is 9.90 Å². The quantitative estimate of drug-likeness (QED) is 0.659. The van der Waals surface area contributed by atoms with Crippen LogP contribution in [-0.2, 0) is 4.79 Å². The Balaban J connectivity index is 2.08. The van der Waals surface area contributed by atoms with Gasteiger partial charge in [0.15, 0.2) is 0 Å². The highest BCUT2D eigenvalue weighted by Crippen LogP contribution is 2.57. The summed E-state index contributed by atoms with van der Waals surface area (Å²) in [5.41, 5.74) is 5.01. The summed E-state index contributed by atoms with van der Waals surface area (Å²) in [4.78, 5) is 11.0. The standard InChI is InChI=1S/C10H17NO2/c11-7-9(5-6-9)10(13)3-1-8(12)2-4-10/h13H,1-7,11H2. The fraction of sp³-hybridized carbons (Fsp3) is 0.900. The normalized spacial score (nSPS) is 30.2. The first-order valence-corrected chi connectivity index (χ1v) is 5.06. The van der Waals surface area contributed by atoms with E-state index in [-0.39, 0.29) is 11.2 Å². The lowest BCUT2D eigenvalue weighted by atomic mass is 9.73. The molecule has 3 N–H and O–H groups in total. The molecule has 0 aromatic rings. The summed E-state index contributed by atoms with van der Waals surface area (Å²) in [6.45, 7) is 0.567. The number of Topliss-reactive ketones (excluding diaryl/α,β-unsaturated/α-hetero) is 1. The van der Waals surface area contributed by atoms with Gasteiger partial charge in [0, 0.05) is 24.8 Å². The largest absolute Gasteiger partial charge is 0.389 e. The van der Waals surface area contributed by atoms with Crippen molar-refractivity contribution in [2.45, 2.75) is 44.1 Å². The van der Waals surface area contributed by atoms with Crippen molar-refractivity contribution in [1.29, 1.82) is 0 Å². The molecule has 0 saturated heterocycles. The van der Waals surface area contributed by atoms with Gasteiger partial charge in [0.05, 0.1) is 5.60 Å². The molecule has 0 aliphatic heterocycles. The monoisotopic (exact) mass is 183 g/mol. The summed E-state index contributed by atoms with van der Waals surface area (Å²) in [7, 11) is 0. The van der Waals surface area contributed by atoms with Gasteiger partial charge >= 0.3 is 0 Å². The third kappa shape index (κ3) is 1.30. The van der Waals surface area contributed by atoms with Gasteiger partial charge < -0.3 is 10.8 Å². The van der Waals surface area contributed by atoms with Crippen LogP contribution < -0.4 is 5.73 Å². The zero-order chi connectivity index (χ0) is 9.53. The van der Waals surface area contributed by atoms with Gasteiger partial charge in [0.25, 0.3) is 0 Å². The molecule has 13 heavy (non-hydrogen) atoms. The molecule has 3 nitrogen and oxygen atoms in total. The molecular formula is C10H17NO2. The summed E-state index contributed by atoms with van der Waals surface area (Å²) in [6, 6.07) is 0. The minimum atomic E-state index is -0.629. The first-order valence-electron chi connectivity index (χ1n) is 5.06. The fourth-order valence-corrected chi connectivity index (χ4v) is 2.48. The van der Waals surface area contributed by atoms with Gasteiger partial charge in [0.2, 0.25) is 0 Å². The van der Waals surface area contributed by atoms with Gasteiger partial charge in [-0.05, 0) is 25.7 Å². The van der Waals surface area contributed by atoms with Gasteiger partial charge in [0.1, 0.15) is 5.78 Å². The van der Waals surface area contributed by atoms with E-state index in [0.717, 1.165) is 12.8 Å². The Morgan fingerprint density at radius 3 is 2.15 bits per heavy atom. The molecule has 0 bridgehead atoms. The molecule has 2 rings (SSSR count). The Morgan fingerprint density at radius 1 is 1.23 bits per heavy atom. The van der Waals surface area contributed by atoms with Crippen molar-refractivity contribution in [1.82, 2.24) is 0 Å². The van der Waals surface area contributed by atoms with Crippen molar-refractivity contribution in [2.75, 3.05) is 6.54 Å². The lowest BCUT2D eigenvalue weighted by Gasteiger charge is -2.38. The molecule has 0 aromatic heterocycles. The van der Waals surface area contributed by atoms with Crippen molar-refractivity contribution in [3.8, 4) is 0 Å². The third-order valence-electron chi connectivity index (χ3n) is 3.87. The van der Waals surface area contributed by atoms with E-state index < -0.39 is 5.60 Å². The molecule has 2 aliphatic carbocycles. The first kappa shape index (κ1) is 9.16. The number of carbonyl (C=O) groups is 1. The first-order chi connectivity index (χ1) is 6.12. The van der Waals surface area contributed by atoms with Crippen LogP contribution in [0.3, 0.4) is 0 Å². The minimum Gasteiger partial charge on any atom is -0.389 e. The van der Waals surface area contributed by atoms with Crippen LogP contribution in [0.15, 0.2) is 0 Å². The topological polar surface area (TPSA) is 63.3 Å². The third-order valence-corrected chi connectivity index (χ3v) is 3.87. The van der Waals surface area contributed by atoms with E-state index in [1.807, 2.05) is 0 Å². The average Bonchev–Trinajstić information content (AvgIpc) is 2.91. The minimum absolute atomic E-state index is 0.0340. The van der Waals surface area contributed by atoms with Crippen LogP contribution in [-0.4, -0.2) is 23.0 Å². The van der Waals surface area contributed by atoms with Crippen LogP contribution in [0, 0.1) is 5.41 Å². The maximum atomic E-state index is 11.0. The van der Waals surface area contributed by atoms with Gasteiger partial charge in [-0.25, -0.2) is 0 Å². The Labute approximate surface area is 78.3 Å². The average molecular weight is 183 g/mol. The molecule has 2 saturated carbocycles. The van der Waals surface area contributed by atoms with Crippen LogP contribution in [0.2, 0.25) is 0 Å². The van der Waals surface area contributed by atoms with Gasteiger partial charge in [-0.3, -0.25) is 4.79 Å². The molecule has 2 fully saturated rings. The number of nitrogens with two attached hydrogens (primary N) is 1. The molecule has 0 atom stereocenters. The van der Waals surface area contributed by atoms with Crippen LogP contribution in [0.4, 0.5) is 0 Å². The Hall–Kier alpha value is -0.410. The number of carbonyl (C=O) groups excluding carboxylic acids is 1. The van der Waals surface area contributed by atoms with Crippen molar-refractivity contribution >= 4 is 5.78 Å². The van der Waals surface area contributed by atoms with Gasteiger partial charge in [-0.2, -0.15) is 0 Å². The molecule has 0 heterocycles. The van der Waals surface area contributed by atoms with Crippen molar-refractivity contribution in [3.63, 3.8) is 0 Å². The zero-order valence-electron chi connectivity index (χ0n) is 7.88. The highest BCUT2D eigenvalue weighted by molar-refractivity contribution is 5.79. The van der Waals surface area contributed by atoms with E-state index in [0.29, 0.717) is 32.2 Å². The van der Waals surface area contributed by atoms with Gasteiger partial charge in [-0.1, -0.05) is 0 Å². The summed E-state index contributed by atoms with van der Waals surface area (Å²) in [5.74, 6) is 0.289. The predicted octanol–water partition coefficient (Wildman–Crippen LogP) is 0.599. The second kappa shape index (κ2) is 2.79. The Morgan fingerprint density at radius 2 is 1.77 bits per heavy atom. The van der Waals surface area contributed by atoms with E-state index in [4.69, 9.17) is 5.73 Å².